The van der Waals surface area contributed by atoms with E-state index in [1.165, 1.54) is 14.2 Å². The molecule has 4 rings (SSSR count). The van der Waals surface area contributed by atoms with Gasteiger partial charge in [0.25, 0.3) is 0 Å². The lowest BCUT2D eigenvalue weighted by molar-refractivity contribution is 0.0742. The van der Waals surface area contributed by atoms with Gasteiger partial charge in [0.05, 0.1) is 20.8 Å². The highest BCUT2D eigenvalue weighted by Gasteiger charge is 2.38. The van der Waals surface area contributed by atoms with Crippen LogP contribution >= 0.6 is 0 Å². The number of fused-ring (bicyclic) bond motifs is 2. The van der Waals surface area contributed by atoms with E-state index in [0.29, 0.717) is 35.3 Å². The van der Waals surface area contributed by atoms with Crippen LogP contribution in [0.5, 0.6) is 34.5 Å². The Labute approximate surface area is 168 Å². The maximum absolute atomic E-state index is 10.3. The Hall–Kier alpha value is -2.84. The first-order valence-corrected chi connectivity index (χ1v) is 9.46. The number of ether oxygens (including phenoxy) is 5. The molecule has 3 atom stereocenters. The van der Waals surface area contributed by atoms with E-state index in [9.17, 15) is 10.2 Å². The van der Waals surface area contributed by atoms with E-state index in [1.54, 1.807) is 0 Å². The molecule has 0 aliphatic carbocycles. The highest BCUT2D eigenvalue weighted by Crippen LogP contribution is 2.50. The molecule has 0 amide bonds. The quantitative estimate of drug-likeness (QED) is 0.675. The van der Waals surface area contributed by atoms with Gasteiger partial charge in [-0.3, -0.25) is 5.32 Å². The Bertz CT molecular complexity index is 876. The zero-order chi connectivity index (χ0) is 20.5. The van der Waals surface area contributed by atoms with E-state index < -0.39 is 0 Å². The molecule has 0 saturated heterocycles. The van der Waals surface area contributed by atoms with Gasteiger partial charge in [-0.05, 0) is 23.8 Å². The average Bonchev–Trinajstić information content (AvgIpc) is 3.18. The van der Waals surface area contributed by atoms with Crippen molar-refractivity contribution >= 4 is 0 Å². The van der Waals surface area contributed by atoms with Gasteiger partial charge in [0.2, 0.25) is 12.5 Å². The molecule has 29 heavy (non-hydrogen) atoms. The maximum atomic E-state index is 10.3. The number of rotatable bonds is 6. The number of aliphatic hydroxyl groups is 1. The van der Waals surface area contributed by atoms with Gasteiger partial charge in [-0.1, -0.05) is 6.92 Å². The third-order valence-electron chi connectivity index (χ3n) is 5.42. The molecule has 3 N–H and O–H groups in total. The molecule has 2 aromatic carbocycles. The molecule has 2 aliphatic rings. The van der Waals surface area contributed by atoms with Crippen molar-refractivity contribution in [1.82, 2.24) is 5.32 Å². The van der Waals surface area contributed by atoms with Crippen molar-refractivity contribution < 1.29 is 33.9 Å². The Balaban J connectivity index is 1.84. The number of methoxy groups -OCH3 is 2. The normalized spacial score (nSPS) is 22.0. The fourth-order valence-electron chi connectivity index (χ4n) is 4.00. The van der Waals surface area contributed by atoms with Gasteiger partial charge in [0.1, 0.15) is 5.75 Å². The highest BCUT2D eigenvalue weighted by molar-refractivity contribution is 5.59. The summed E-state index contributed by atoms with van der Waals surface area (Å²) in [6.45, 7) is 2.65. The molecule has 8 heteroatoms. The van der Waals surface area contributed by atoms with Gasteiger partial charge in [-0.2, -0.15) is 0 Å². The van der Waals surface area contributed by atoms with Crippen molar-refractivity contribution in [3.63, 3.8) is 0 Å². The first kappa shape index (κ1) is 19.5. The lowest BCUT2D eigenvalue weighted by Gasteiger charge is -2.38. The predicted octanol–water partition coefficient (Wildman–Crippen LogP) is 2.21. The second-order valence-corrected chi connectivity index (χ2v) is 7.07. The summed E-state index contributed by atoms with van der Waals surface area (Å²) < 4.78 is 28.0. The Morgan fingerprint density at radius 3 is 2.31 bits per heavy atom. The molecular weight excluding hydrogens is 378 g/mol. The van der Waals surface area contributed by atoms with Crippen molar-refractivity contribution in [2.75, 3.05) is 34.2 Å². The monoisotopic (exact) mass is 403 g/mol. The lowest BCUT2D eigenvalue weighted by Crippen LogP contribution is -2.46. The molecule has 0 radical (unpaired) electrons. The van der Waals surface area contributed by atoms with Gasteiger partial charge in [0, 0.05) is 30.0 Å². The molecule has 0 fully saturated rings. The van der Waals surface area contributed by atoms with Gasteiger partial charge in [0.15, 0.2) is 29.2 Å². The molecule has 2 aromatic rings. The third-order valence-corrected chi connectivity index (χ3v) is 5.42. The summed E-state index contributed by atoms with van der Waals surface area (Å²) in [5.41, 5.74) is 1.85. The second kappa shape index (κ2) is 7.88. The lowest BCUT2D eigenvalue weighted by atomic mass is 9.78. The van der Waals surface area contributed by atoms with E-state index in [4.69, 9.17) is 23.7 Å². The van der Waals surface area contributed by atoms with Crippen molar-refractivity contribution in [3.8, 4) is 34.5 Å². The van der Waals surface area contributed by atoms with Gasteiger partial charge in [-0.15, -0.1) is 0 Å². The van der Waals surface area contributed by atoms with Crippen LogP contribution < -0.4 is 29.0 Å². The van der Waals surface area contributed by atoms with Gasteiger partial charge < -0.3 is 33.9 Å². The summed E-state index contributed by atoms with van der Waals surface area (Å²) in [5.74, 6) is 2.50. The molecule has 0 aromatic heterocycles. The smallest absolute Gasteiger partial charge is 0.231 e. The van der Waals surface area contributed by atoms with Crippen LogP contribution in [0.4, 0.5) is 0 Å². The summed E-state index contributed by atoms with van der Waals surface area (Å²) in [7, 11) is 3.01. The Morgan fingerprint density at radius 1 is 1.03 bits per heavy atom. The van der Waals surface area contributed by atoms with Crippen molar-refractivity contribution in [3.05, 3.63) is 35.4 Å². The third kappa shape index (κ3) is 3.38. The SMILES string of the molecule is COc1cc([C@H]2c3cc4c(cc3O[C@H](NCCO)[C@@H]2C)OCO4)cc(OC)c1O. The van der Waals surface area contributed by atoms with E-state index in [-0.39, 0.29) is 37.2 Å². The number of nitrogens with one attached hydrogen (secondary N) is 1. The summed E-state index contributed by atoms with van der Waals surface area (Å²) in [4.78, 5) is 0. The zero-order valence-electron chi connectivity index (χ0n) is 16.6. The van der Waals surface area contributed by atoms with Crippen LogP contribution in [0.1, 0.15) is 24.0 Å². The average molecular weight is 403 g/mol. The number of benzene rings is 2. The summed E-state index contributed by atoms with van der Waals surface area (Å²) in [6.07, 6.45) is -0.328. The van der Waals surface area contributed by atoms with E-state index >= 15 is 0 Å². The number of aromatic hydroxyl groups is 1. The van der Waals surface area contributed by atoms with Crippen molar-refractivity contribution in [2.24, 2.45) is 5.92 Å². The summed E-state index contributed by atoms with van der Waals surface area (Å²) in [5, 5.41) is 22.8. The van der Waals surface area contributed by atoms with Crippen LogP contribution in [0.2, 0.25) is 0 Å². The minimum atomic E-state index is -0.328. The number of phenolic OH excluding ortho intramolecular Hbond substituents is 1. The first-order valence-electron chi connectivity index (χ1n) is 9.46. The molecule has 0 spiro atoms. The number of hydrogen-bond acceptors (Lipinski definition) is 8. The number of hydrogen-bond donors (Lipinski definition) is 3. The summed E-state index contributed by atoms with van der Waals surface area (Å²) >= 11 is 0. The van der Waals surface area contributed by atoms with Crippen LogP contribution in [0.3, 0.4) is 0 Å². The second-order valence-electron chi connectivity index (χ2n) is 7.07. The number of phenols is 1. The highest BCUT2D eigenvalue weighted by atomic mass is 16.7. The van der Waals surface area contributed by atoms with E-state index in [2.05, 4.69) is 12.2 Å². The van der Waals surface area contributed by atoms with Crippen LogP contribution in [-0.4, -0.2) is 50.6 Å². The minimum Gasteiger partial charge on any atom is -0.502 e. The standard InChI is InChI=1S/C21H25NO7/c1-11-19(12-6-17(25-2)20(24)18(7-12)26-3)13-8-15-16(28-10-27-15)9-14(13)29-21(11)22-4-5-23/h6-9,11,19,21-24H,4-5,10H2,1-3H3/t11-,19+,21+/m1/s1. The van der Waals surface area contributed by atoms with Crippen LogP contribution in [0.15, 0.2) is 24.3 Å². The molecular formula is C21H25NO7. The summed E-state index contributed by atoms with van der Waals surface area (Å²) in [6, 6.07) is 7.38. The van der Waals surface area contributed by atoms with E-state index in [0.717, 1.165) is 11.1 Å². The molecule has 8 nitrogen and oxygen atoms in total. The van der Waals surface area contributed by atoms with Gasteiger partial charge in [-0.25, -0.2) is 0 Å². The number of aliphatic hydroxyl groups excluding tert-OH is 1. The molecule has 0 unspecified atom stereocenters. The largest absolute Gasteiger partial charge is 0.502 e. The maximum Gasteiger partial charge on any atom is 0.231 e. The predicted molar refractivity (Wildman–Crippen MR) is 104 cm³/mol. The van der Waals surface area contributed by atoms with Crippen molar-refractivity contribution in [2.45, 2.75) is 19.1 Å². The van der Waals surface area contributed by atoms with Crippen LogP contribution in [0, 0.1) is 5.92 Å². The minimum absolute atomic E-state index is 0.00605. The molecule has 2 aliphatic heterocycles. The van der Waals surface area contributed by atoms with E-state index in [1.807, 2.05) is 24.3 Å². The first-order chi connectivity index (χ1) is 14.1. The zero-order valence-corrected chi connectivity index (χ0v) is 16.6. The fourth-order valence-corrected chi connectivity index (χ4v) is 4.00. The molecule has 156 valence electrons. The van der Waals surface area contributed by atoms with Crippen LogP contribution in [0.25, 0.3) is 0 Å². The van der Waals surface area contributed by atoms with Crippen LogP contribution in [-0.2, 0) is 0 Å². The van der Waals surface area contributed by atoms with Gasteiger partial charge >= 0.3 is 0 Å². The Morgan fingerprint density at radius 2 is 1.69 bits per heavy atom. The topological polar surface area (TPSA) is 98.6 Å². The van der Waals surface area contributed by atoms with Crippen molar-refractivity contribution in [1.29, 1.82) is 0 Å². The molecule has 0 saturated carbocycles. The fraction of sp³-hybridized carbons (Fsp3) is 0.429. The molecule has 0 bridgehead atoms. The molecule has 2 heterocycles. The Kier molecular flexibility index (Phi) is 5.29.